The van der Waals surface area contributed by atoms with E-state index in [-0.39, 0.29) is 0 Å². The normalized spacial score (nSPS) is 12.5. The van der Waals surface area contributed by atoms with Gasteiger partial charge in [0, 0.05) is 0 Å². The average molecular weight is 338 g/mol. The molecule has 24 heavy (non-hydrogen) atoms. The van der Waals surface area contributed by atoms with Crippen LogP contribution in [0.25, 0.3) is 0 Å². The van der Waals surface area contributed by atoms with Crippen LogP contribution in [0.3, 0.4) is 0 Å². The van der Waals surface area contributed by atoms with Crippen molar-refractivity contribution in [3.63, 3.8) is 0 Å². The van der Waals surface area contributed by atoms with Crippen LogP contribution in [-0.2, 0) is 0 Å². The highest BCUT2D eigenvalue weighted by molar-refractivity contribution is 4.86. The summed E-state index contributed by atoms with van der Waals surface area (Å²) in [5.41, 5.74) is 7.07. The van der Waals surface area contributed by atoms with E-state index >= 15 is 0 Å². The first-order chi connectivity index (χ1) is 11.7. The summed E-state index contributed by atoms with van der Waals surface area (Å²) < 4.78 is 0. The molecule has 0 saturated heterocycles. The first kappa shape index (κ1) is 23.7. The molecule has 0 saturated carbocycles. The van der Waals surface area contributed by atoms with Crippen LogP contribution in [0.2, 0.25) is 0 Å². The molecule has 1 heteroatoms. The first-order valence-corrected chi connectivity index (χ1v) is 11.0. The van der Waals surface area contributed by atoms with Crippen molar-refractivity contribution in [2.45, 2.75) is 123 Å². The molecule has 1 nitrogen and oxygen atoms in total. The Labute approximate surface area is 153 Å². The molecule has 0 heterocycles. The molecule has 0 fully saturated rings. The molecule has 0 aliphatic rings. The zero-order chi connectivity index (χ0) is 17.9. The highest BCUT2D eigenvalue weighted by Crippen LogP contribution is 2.23. The third-order valence-electron chi connectivity index (χ3n) is 5.25. The molecule has 0 aromatic rings. The largest absolute Gasteiger partial charge is 0.330 e. The quantitative estimate of drug-likeness (QED) is 0.189. The van der Waals surface area contributed by atoms with Gasteiger partial charge in [-0.25, -0.2) is 0 Å². The number of nitrogens with two attached hydrogens (primary N) is 1. The lowest BCUT2D eigenvalue weighted by Crippen LogP contribution is -2.06. The molecule has 2 N–H and O–H groups in total. The summed E-state index contributed by atoms with van der Waals surface area (Å²) in [6.45, 7) is 9.30. The van der Waals surface area contributed by atoms with Crippen LogP contribution in [-0.4, -0.2) is 6.54 Å². The van der Waals surface area contributed by atoms with Crippen molar-refractivity contribution in [3.8, 4) is 0 Å². The summed E-state index contributed by atoms with van der Waals surface area (Å²) in [5.74, 6) is 0.944. The summed E-state index contributed by atoms with van der Waals surface area (Å²) in [5, 5.41) is 0. The van der Waals surface area contributed by atoms with Gasteiger partial charge in [-0.2, -0.15) is 0 Å². The summed E-state index contributed by atoms with van der Waals surface area (Å²) in [4.78, 5) is 0. The minimum atomic E-state index is 0.869. The molecule has 0 amide bonds. The maximum atomic E-state index is 5.73. The smallest absolute Gasteiger partial charge is 0.00772 e. The molecular formula is C23H47N. The van der Waals surface area contributed by atoms with Crippen LogP contribution in [0, 0.1) is 5.92 Å². The van der Waals surface area contributed by atoms with Gasteiger partial charge in [0.25, 0.3) is 0 Å². The van der Waals surface area contributed by atoms with Crippen LogP contribution < -0.4 is 5.73 Å². The molecule has 0 spiro atoms. The number of hydrogen-bond donors (Lipinski definition) is 1. The Kier molecular flexibility index (Phi) is 18.8. The molecule has 0 aromatic heterocycles. The monoisotopic (exact) mass is 337 g/mol. The Morgan fingerprint density at radius 2 is 1.17 bits per heavy atom. The lowest BCUT2D eigenvalue weighted by molar-refractivity contribution is 0.374. The zero-order valence-corrected chi connectivity index (χ0v) is 17.1. The summed E-state index contributed by atoms with van der Waals surface area (Å²) in [6.07, 6.45) is 23.7. The predicted octanol–water partition coefficient (Wildman–Crippen LogP) is 7.79. The van der Waals surface area contributed by atoms with E-state index in [1.165, 1.54) is 115 Å². The van der Waals surface area contributed by atoms with Crippen LogP contribution in [0.5, 0.6) is 0 Å². The Morgan fingerprint density at radius 3 is 1.67 bits per heavy atom. The Bertz CT molecular complexity index is 259. The van der Waals surface area contributed by atoms with Crippen molar-refractivity contribution in [2.75, 3.05) is 6.54 Å². The van der Waals surface area contributed by atoms with E-state index in [0.717, 1.165) is 12.5 Å². The van der Waals surface area contributed by atoms with Gasteiger partial charge in [-0.05, 0) is 45.1 Å². The maximum absolute atomic E-state index is 5.73. The highest BCUT2D eigenvalue weighted by Gasteiger charge is 2.08. The standard InChI is InChI=1S/C23H47N/c1-4-5-6-7-8-11-14-18-23(20-16-21-24)19-15-12-9-10-13-17-22(2)3/h23H,2,4-21,24H2,1,3H3. The van der Waals surface area contributed by atoms with Crippen LogP contribution in [0.15, 0.2) is 12.2 Å². The third-order valence-corrected chi connectivity index (χ3v) is 5.25. The summed E-state index contributed by atoms with van der Waals surface area (Å²) in [6, 6.07) is 0. The fourth-order valence-corrected chi connectivity index (χ4v) is 3.62. The third kappa shape index (κ3) is 18.0. The summed E-state index contributed by atoms with van der Waals surface area (Å²) >= 11 is 0. The number of unbranched alkanes of at least 4 members (excludes halogenated alkanes) is 10. The number of rotatable bonds is 19. The molecular weight excluding hydrogens is 290 g/mol. The molecule has 0 rings (SSSR count). The van der Waals surface area contributed by atoms with Crippen LogP contribution in [0.1, 0.15) is 123 Å². The Hall–Kier alpha value is -0.300. The van der Waals surface area contributed by atoms with Gasteiger partial charge in [0.05, 0.1) is 0 Å². The summed E-state index contributed by atoms with van der Waals surface area (Å²) in [7, 11) is 0. The average Bonchev–Trinajstić information content (AvgIpc) is 2.56. The van der Waals surface area contributed by atoms with E-state index in [1.54, 1.807) is 0 Å². The molecule has 0 bridgehead atoms. The first-order valence-electron chi connectivity index (χ1n) is 11.0. The van der Waals surface area contributed by atoms with Crippen molar-refractivity contribution in [2.24, 2.45) is 11.7 Å². The Morgan fingerprint density at radius 1 is 0.708 bits per heavy atom. The maximum Gasteiger partial charge on any atom is -0.00772 e. The van der Waals surface area contributed by atoms with Crippen molar-refractivity contribution >= 4 is 0 Å². The molecule has 0 aliphatic carbocycles. The minimum absolute atomic E-state index is 0.869. The van der Waals surface area contributed by atoms with E-state index < -0.39 is 0 Å². The van der Waals surface area contributed by atoms with Gasteiger partial charge in [0.15, 0.2) is 0 Å². The lowest BCUT2D eigenvalue weighted by Gasteiger charge is -2.16. The second-order valence-electron chi connectivity index (χ2n) is 7.97. The highest BCUT2D eigenvalue weighted by atomic mass is 14.5. The van der Waals surface area contributed by atoms with Crippen molar-refractivity contribution in [1.82, 2.24) is 0 Å². The van der Waals surface area contributed by atoms with Gasteiger partial charge in [-0.15, -0.1) is 6.58 Å². The fourth-order valence-electron chi connectivity index (χ4n) is 3.62. The van der Waals surface area contributed by atoms with E-state index in [2.05, 4.69) is 20.4 Å². The SMILES string of the molecule is C=C(C)CCCCCCCC(CCCN)CCCCCCCCC. The molecule has 1 unspecified atom stereocenters. The second kappa shape index (κ2) is 19.0. The van der Waals surface area contributed by atoms with Gasteiger partial charge >= 0.3 is 0 Å². The fraction of sp³-hybridized carbons (Fsp3) is 0.913. The van der Waals surface area contributed by atoms with Crippen LogP contribution >= 0.6 is 0 Å². The minimum Gasteiger partial charge on any atom is -0.330 e. The van der Waals surface area contributed by atoms with E-state index in [0.29, 0.717) is 0 Å². The van der Waals surface area contributed by atoms with Crippen molar-refractivity contribution < 1.29 is 0 Å². The topological polar surface area (TPSA) is 26.0 Å². The van der Waals surface area contributed by atoms with E-state index in [1.807, 2.05) is 0 Å². The van der Waals surface area contributed by atoms with E-state index in [4.69, 9.17) is 5.73 Å². The zero-order valence-electron chi connectivity index (χ0n) is 17.1. The van der Waals surface area contributed by atoms with Crippen LogP contribution in [0.4, 0.5) is 0 Å². The molecule has 0 aromatic carbocycles. The molecule has 1 atom stereocenters. The van der Waals surface area contributed by atoms with Crippen molar-refractivity contribution in [1.29, 1.82) is 0 Å². The second-order valence-corrected chi connectivity index (χ2v) is 7.97. The lowest BCUT2D eigenvalue weighted by atomic mass is 9.90. The molecule has 0 aliphatic heterocycles. The number of allylic oxidation sites excluding steroid dienone is 1. The Balaban J connectivity index is 3.60. The van der Waals surface area contributed by atoms with Gasteiger partial charge in [-0.3, -0.25) is 0 Å². The van der Waals surface area contributed by atoms with Gasteiger partial charge in [0.2, 0.25) is 0 Å². The van der Waals surface area contributed by atoms with Gasteiger partial charge in [0.1, 0.15) is 0 Å². The van der Waals surface area contributed by atoms with Gasteiger partial charge < -0.3 is 5.73 Å². The van der Waals surface area contributed by atoms with E-state index in [9.17, 15) is 0 Å². The predicted molar refractivity (Wildman–Crippen MR) is 112 cm³/mol. The van der Waals surface area contributed by atoms with Gasteiger partial charge in [-0.1, -0.05) is 96.0 Å². The van der Waals surface area contributed by atoms with Crippen molar-refractivity contribution in [3.05, 3.63) is 12.2 Å². The number of hydrogen-bond acceptors (Lipinski definition) is 1. The molecule has 0 radical (unpaired) electrons. The molecule has 144 valence electrons.